The summed E-state index contributed by atoms with van der Waals surface area (Å²) in [5.41, 5.74) is 4.91. The van der Waals surface area contributed by atoms with Gasteiger partial charge in [-0.3, -0.25) is 9.59 Å². The molecule has 0 aliphatic heterocycles. The molecular weight excluding hydrogens is 326 g/mol. The first-order valence-electron chi connectivity index (χ1n) is 8.86. The van der Waals surface area contributed by atoms with Crippen molar-refractivity contribution in [2.75, 3.05) is 5.32 Å². The van der Waals surface area contributed by atoms with Crippen LogP contribution < -0.4 is 10.9 Å². The highest BCUT2D eigenvalue weighted by Crippen LogP contribution is 2.18. The fourth-order valence-corrected chi connectivity index (χ4v) is 3.02. The minimum Gasteiger partial charge on any atom is -0.320 e. The lowest BCUT2D eigenvalue weighted by atomic mass is 10.1. The van der Waals surface area contributed by atoms with E-state index >= 15 is 0 Å². The zero-order valence-electron chi connectivity index (χ0n) is 15.6. The number of carbonyl (C=O) groups is 1. The van der Waals surface area contributed by atoms with E-state index in [0.29, 0.717) is 17.7 Å². The van der Waals surface area contributed by atoms with Gasteiger partial charge >= 0.3 is 0 Å². The van der Waals surface area contributed by atoms with E-state index in [1.165, 1.54) is 0 Å². The third-order valence-electron chi connectivity index (χ3n) is 4.69. The second-order valence-electron chi connectivity index (χ2n) is 6.44. The lowest BCUT2D eigenvalue weighted by Gasteiger charge is -2.12. The van der Waals surface area contributed by atoms with E-state index in [2.05, 4.69) is 17.2 Å². The van der Waals surface area contributed by atoms with Crippen LogP contribution in [-0.4, -0.2) is 15.5 Å². The maximum atomic E-state index is 12.8. The van der Waals surface area contributed by atoms with Crippen molar-refractivity contribution in [3.63, 3.8) is 0 Å². The second kappa shape index (κ2) is 7.12. The SMILES string of the molecule is CCc1cccc(NC(=O)c2nc3cc(C)c(C)cc3n(CC)c2=O)c1. The average Bonchev–Trinajstić information content (AvgIpc) is 2.63. The summed E-state index contributed by atoms with van der Waals surface area (Å²) in [4.78, 5) is 29.9. The maximum Gasteiger partial charge on any atom is 0.282 e. The Morgan fingerprint density at radius 1 is 1.12 bits per heavy atom. The number of amides is 1. The molecule has 5 heteroatoms. The number of hydrogen-bond acceptors (Lipinski definition) is 3. The molecule has 0 fully saturated rings. The highest BCUT2D eigenvalue weighted by atomic mass is 16.2. The summed E-state index contributed by atoms with van der Waals surface area (Å²) in [5, 5.41) is 2.80. The van der Waals surface area contributed by atoms with Gasteiger partial charge in [-0.2, -0.15) is 0 Å². The van der Waals surface area contributed by atoms with Crippen LogP contribution in [0.3, 0.4) is 0 Å². The summed E-state index contributed by atoms with van der Waals surface area (Å²) in [5.74, 6) is -0.481. The van der Waals surface area contributed by atoms with Crippen LogP contribution in [0.5, 0.6) is 0 Å². The van der Waals surface area contributed by atoms with Crippen molar-refractivity contribution in [3.05, 3.63) is 69.1 Å². The minimum absolute atomic E-state index is 0.0792. The zero-order chi connectivity index (χ0) is 18.8. The molecule has 2 aromatic carbocycles. The lowest BCUT2D eigenvalue weighted by Crippen LogP contribution is -2.31. The van der Waals surface area contributed by atoms with Crippen LogP contribution in [0.2, 0.25) is 0 Å². The summed E-state index contributed by atoms with van der Waals surface area (Å²) in [7, 11) is 0. The first-order valence-corrected chi connectivity index (χ1v) is 8.86. The lowest BCUT2D eigenvalue weighted by molar-refractivity contribution is 0.102. The first kappa shape index (κ1) is 17.9. The summed E-state index contributed by atoms with van der Waals surface area (Å²) in [6.45, 7) is 8.42. The molecule has 26 heavy (non-hydrogen) atoms. The van der Waals surface area contributed by atoms with Gasteiger partial charge in [0.05, 0.1) is 11.0 Å². The predicted octanol–water partition coefficient (Wildman–Crippen LogP) is 3.85. The predicted molar refractivity (Wildman–Crippen MR) is 105 cm³/mol. The van der Waals surface area contributed by atoms with Gasteiger partial charge in [0, 0.05) is 12.2 Å². The first-order chi connectivity index (χ1) is 12.4. The van der Waals surface area contributed by atoms with Crippen molar-refractivity contribution < 1.29 is 4.79 Å². The van der Waals surface area contributed by atoms with Crippen molar-refractivity contribution in [1.29, 1.82) is 0 Å². The van der Waals surface area contributed by atoms with Crippen molar-refractivity contribution in [1.82, 2.24) is 9.55 Å². The Morgan fingerprint density at radius 3 is 2.54 bits per heavy atom. The van der Waals surface area contributed by atoms with Crippen molar-refractivity contribution in [3.8, 4) is 0 Å². The monoisotopic (exact) mass is 349 g/mol. The summed E-state index contributed by atoms with van der Waals surface area (Å²) in [6, 6.07) is 11.5. The number of benzene rings is 2. The smallest absolute Gasteiger partial charge is 0.282 e. The molecule has 1 heterocycles. The number of hydrogen-bond donors (Lipinski definition) is 1. The van der Waals surface area contributed by atoms with Crippen molar-refractivity contribution in [2.45, 2.75) is 40.7 Å². The van der Waals surface area contributed by atoms with Crippen LogP contribution in [0.25, 0.3) is 11.0 Å². The number of carbonyl (C=O) groups excluding carboxylic acids is 1. The third-order valence-corrected chi connectivity index (χ3v) is 4.69. The van der Waals surface area contributed by atoms with Crippen LogP contribution in [-0.2, 0) is 13.0 Å². The Labute approximate surface area is 152 Å². The van der Waals surface area contributed by atoms with Gasteiger partial charge < -0.3 is 9.88 Å². The fraction of sp³-hybridized carbons (Fsp3) is 0.286. The minimum atomic E-state index is -0.481. The molecule has 0 unspecified atom stereocenters. The van der Waals surface area contributed by atoms with Gasteiger partial charge in [-0.1, -0.05) is 19.1 Å². The Hall–Kier alpha value is -2.95. The Bertz CT molecular complexity index is 1050. The van der Waals surface area contributed by atoms with Crippen LogP contribution in [0.4, 0.5) is 5.69 Å². The van der Waals surface area contributed by atoms with Gasteiger partial charge in [0.25, 0.3) is 11.5 Å². The zero-order valence-corrected chi connectivity index (χ0v) is 15.6. The molecule has 1 aromatic heterocycles. The molecular formula is C21H23N3O2. The van der Waals surface area contributed by atoms with E-state index in [0.717, 1.165) is 28.6 Å². The van der Waals surface area contributed by atoms with Crippen LogP contribution in [0.1, 0.15) is 41.0 Å². The Morgan fingerprint density at radius 2 is 1.85 bits per heavy atom. The second-order valence-corrected chi connectivity index (χ2v) is 6.44. The van der Waals surface area contributed by atoms with Gasteiger partial charge in [-0.05, 0) is 68.1 Å². The fourth-order valence-electron chi connectivity index (χ4n) is 3.02. The largest absolute Gasteiger partial charge is 0.320 e. The molecule has 3 rings (SSSR count). The van der Waals surface area contributed by atoms with Crippen LogP contribution in [0.15, 0.2) is 41.2 Å². The van der Waals surface area contributed by atoms with E-state index in [9.17, 15) is 9.59 Å². The highest BCUT2D eigenvalue weighted by Gasteiger charge is 2.18. The number of aromatic nitrogens is 2. The molecule has 0 atom stereocenters. The number of rotatable bonds is 4. The standard InChI is InChI=1S/C21H23N3O2/c1-5-15-8-7-9-16(12-15)22-20(25)19-21(26)24(6-2)18-11-14(4)13(3)10-17(18)23-19/h7-12H,5-6H2,1-4H3,(H,22,25). The number of nitrogens with zero attached hydrogens (tertiary/aromatic N) is 2. The maximum absolute atomic E-state index is 12.8. The van der Waals surface area contributed by atoms with E-state index in [1.807, 2.05) is 57.2 Å². The molecule has 0 spiro atoms. The molecule has 5 nitrogen and oxygen atoms in total. The van der Waals surface area contributed by atoms with Crippen molar-refractivity contribution in [2.24, 2.45) is 0 Å². The Balaban J connectivity index is 2.09. The van der Waals surface area contributed by atoms with Crippen LogP contribution >= 0.6 is 0 Å². The average molecular weight is 349 g/mol. The number of fused-ring (bicyclic) bond motifs is 1. The topological polar surface area (TPSA) is 64.0 Å². The normalized spacial score (nSPS) is 10.9. The van der Waals surface area contributed by atoms with E-state index in [4.69, 9.17) is 0 Å². The number of anilines is 1. The molecule has 0 aliphatic rings. The molecule has 1 amide bonds. The van der Waals surface area contributed by atoms with Crippen molar-refractivity contribution >= 4 is 22.6 Å². The molecule has 1 N–H and O–H groups in total. The quantitative estimate of drug-likeness (QED) is 0.778. The highest BCUT2D eigenvalue weighted by molar-refractivity contribution is 6.03. The number of aryl methyl sites for hydroxylation is 4. The van der Waals surface area contributed by atoms with Gasteiger partial charge in [-0.25, -0.2) is 4.98 Å². The van der Waals surface area contributed by atoms with Crippen LogP contribution in [0, 0.1) is 13.8 Å². The van der Waals surface area contributed by atoms with E-state index in [-0.39, 0.29) is 11.3 Å². The van der Waals surface area contributed by atoms with Gasteiger partial charge in [0.1, 0.15) is 0 Å². The molecule has 3 aromatic rings. The molecule has 134 valence electrons. The number of nitrogens with one attached hydrogen (secondary N) is 1. The third kappa shape index (κ3) is 3.25. The molecule has 0 radical (unpaired) electrons. The summed E-state index contributed by atoms with van der Waals surface area (Å²) >= 11 is 0. The molecule has 0 saturated heterocycles. The van der Waals surface area contributed by atoms with E-state index < -0.39 is 5.91 Å². The Kier molecular flexibility index (Phi) is 4.89. The van der Waals surface area contributed by atoms with Gasteiger partial charge in [0.15, 0.2) is 5.69 Å². The molecule has 0 aliphatic carbocycles. The van der Waals surface area contributed by atoms with E-state index in [1.54, 1.807) is 4.57 Å². The summed E-state index contributed by atoms with van der Waals surface area (Å²) < 4.78 is 1.60. The molecule has 0 bridgehead atoms. The van der Waals surface area contributed by atoms with Gasteiger partial charge in [-0.15, -0.1) is 0 Å². The summed E-state index contributed by atoms with van der Waals surface area (Å²) in [6.07, 6.45) is 0.874. The van der Waals surface area contributed by atoms with Gasteiger partial charge in [0.2, 0.25) is 0 Å². The molecule has 0 saturated carbocycles.